The van der Waals surface area contributed by atoms with E-state index in [0.717, 1.165) is 31.5 Å². The maximum absolute atomic E-state index is 11.8. The number of hydrogen-bond donors (Lipinski definition) is 2. The number of halogens is 1. The molecule has 0 saturated carbocycles. The van der Waals surface area contributed by atoms with E-state index in [-0.39, 0.29) is 24.3 Å². The van der Waals surface area contributed by atoms with E-state index in [2.05, 4.69) is 10.4 Å². The smallest absolute Gasteiger partial charge is 0.257 e. The number of nitrogens with one attached hydrogen (secondary N) is 1. The molecule has 0 bridgehead atoms. The van der Waals surface area contributed by atoms with E-state index in [1.807, 2.05) is 24.1 Å². The van der Waals surface area contributed by atoms with Crippen LogP contribution in [0.1, 0.15) is 28.8 Å². The molecule has 0 aromatic heterocycles. The van der Waals surface area contributed by atoms with Crippen molar-refractivity contribution in [3.63, 3.8) is 0 Å². The number of aryl methyl sites for hydroxylation is 1. The van der Waals surface area contributed by atoms with Crippen molar-refractivity contribution >= 4 is 24.3 Å². The summed E-state index contributed by atoms with van der Waals surface area (Å²) < 4.78 is 0. The van der Waals surface area contributed by atoms with Crippen molar-refractivity contribution in [3.05, 3.63) is 35.4 Å². The molecule has 5 nitrogen and oxygen atoms in total. The Labute approximate surface area is 119 Å². The number of amides is 1. The molecule has 1 amide bonds. The maximum Gasteiger partial charge on any atom is 0.257 e. The Kier molecular flexibility index (Phi) is 5.63. The Morgan fingerprint density at radius 3 is 2.42 bits per heavy atom. The molecule has 1 aromatic rings. The number of nitrogens with zero attached hydrogens (tertiary/aromatic N) is 2. The zero-order chi connectivity index (χ0) is 13.0. The van der Waals surface area contributed by atoms with Crippen LogP contribution in [0.25, 0.3) is 0 Å². The average molecular weight is 283 g/mol. The number of hydrogen-bond acceptors (Lipinski definition) is 3. The van der Waals surface area contributed by atoms with Crippen LogP contribution in [0.3, 0.4) is 0 Å². The van der Waals surface area contributed by atoms with Crippen LogP contribution in [0.5, 0.6) is 0 Å². The van der Waals surface area contributed by atoms with Gasteiger partial charge in [0.25, 0.3) is 5.91 Å². The highest BCUT2D eigenvalue weighted by Gasteiger charge is 2.11. The van der Waals surface area contributed by atoms with Gasteiger partial charge in [-0.1, -0.05) is 17.7 Å². The van der Waals surface area contributed by atoms with Gasteiger partial charge in [0.05, 0.1) is 0 Å². The summed E-state index contributed by atoms with van der Waals surface area (Å²) in [5, 5.41) is 8.62. The number of guanidine groups is 1. The summed E-state index contributed by atoms with van der Waals surface area (Å²) >= 11 is 0. The number of carbonyl (C=O) groups is 1. The highest BCUT2D eigenvalue weighted by molar-refractivity contribution is 6.05. The zero-order valence-corrected chi connectivity index (χ0v) is 11.7. The molecule has 1 heterocycles. The maximum atomic E-state index is 11.8. The van der Waals surface area contributed by atoms with E-state index in [0.29, 0.717) is 5.56 Å². The van der Waals surface area contributed by atoms with Crippen molar-refractivity contribution in [3.8, 4) is 0 Å². The lowest BCUT2D eigenvalue weighted by molar-refractivity contribution is 0.0976. The molecule has 0 unspecified atom stereocenters. The number of benzene rings is 1. The van der Waals surface area contributed by atoms with Gasteiger partial charge in [-0.25, -0.2) is 0 Å². The normalized spacial score (nSPS) is 15.0. The number of hydrazone groups is 1. The Hall–Kier alpha value is -1.75. The third-order valence-corrected chi connectivity index (χ3v) is 2.89. The zero-order valence-electron chi connectivity index (χ0n) is 10.9. The Morgan fingerprint density at radius 1 is 1.26 bits per heavy atom. The van der Waals surface area contributed by atoms with E-state index in [1.54, 1.807) is 12.1 Å². The molecular weight excluding hydrogens is 264 g/mol. The van der Waals surface area contributed by atoms with E-state index < -0.39 is 0 Å². The molecule has 19 heavy (non-hydrogen) atoms. The van der Waals surface area contributed by atoms with Gasteiger partial charge < -0.3 is 5.73 Å². The minimum absolute atomic E-state index is 0. The van der Waals surface area contributed by atoms with Crippen LogP contribution in [0.15, 0.2) is 29.4 Å². The quantitative estimate of drug-likeness (QED) is 0.637. The van der Waals surface area contributed by atoms with Crippen LogP contribution in [0, 0.1) is 6.92 Å². The summed E-state index contributed by atoms with van der Waals surface area (Å²) in [6.07, 6.45) is 2.26. The van der Waals surface area contributed by atoms with Crippen molar-refractivity contribution < 1.29 is 4.79 Å². The average Bonchev–Trinajstić information content (AvgIpc) is 2.82. The molecule has 0 aliphatic carbocycles. The van der Waals surface area contributed by atoms with Gasteiger partial charge in [-0.2, -0.15) is 0 Å². The minimum Gasteiger partial charge on any atom is -0.368 e. The van der Waals surface area contributed by atoms with E-state index in [4.69, 9.17) is 5.73 Å². The molecule has 1 aromatic carbocycles. The lowest BCUT2D eigenvalue weighted by Crippen LogP contribution is -2.38. The first-order chi connectivity index (χ1) is 8.65. The first-order valence-corrected chi connectivity index (χ1v) is 6.12. The van der Waals surface area contributed by atoms with Crippen molar-refractivity contribution in [2.45, 2.75) is 19.8 Å². The molecule has 1 saturated heterocycles. The Bertz CT molecular complexity index is 452. The largest absolute Gasteiger partial charge is 0.368 e. The minimum atomic E-state index is -0.226. The van der Waals surface area contributed by atoms with Crippen LogP contribution < -0.4 is 11.1 Å². The van der Waals surface area contributed by atoms with Gasteiger partial charge in [-0.05, 0) is 31.9 Å². The standard InChI is InChI=1S/C13H18N4O.ClH/c1-10-4-6-11(7-5-10)12(18)15-13(14)16-17-8-2-3-9-17;/h4-7H,2-3,8-9H2,1H3,(H3,14,15,16,18);1H. The van der Waals surface area contributed by atoms with Gasteiger partial charge in [0.1, 0.15) is 0 Å². The van der Waals surface area contributed by atoms with Crippen LogP contribution in [0.2, 0.25) is 0 Å². The molecule has 0 spiro atoms. The summed E-state index contributed by atoms with van der Waals surface area (Å²) in [7, 11) is 0. The van der Waals surface area contributed by atoms with Gasteiger partial charge in [0.2, 0.25) is 5.96 Å². The fraction of sp³-hybridized carbons (Fsp3) is 0.385. The molecule has 1 fully saturated rings. The van der Waals surface area contributed by atoms with Crippen molar-refractivity contribution in [1.29, 1.82) is 0 Å². The van der Waals surface area contributed by atoms with Gasteiger partial charge in [-0.3, -0.25) is 15.1 Å². The number of carbonyl (C=O) groups excluding carboxylic acids is 1. The summed E-state index contributed by atoms with van der Waals surface area (Å²) in [6, 6.07) is 7.33. The molecule has 104 valence electrons. The molecule has 2 rings (SSSR count). The van der Waals surface area contributed by atoms with Crippen molar-refractivity contribution in [2.75, 3.05) is 13.1 Å². The summed E-state index contributed by atoms with van der Waals surface area (Å²) in [4.78, 5) is 11.8. The third-order valence-electron chi connectivity index (χ3n) is 2.89. The lowest BCUT2D eigenvalue weighted by atomic mass is 10.1. The first-order valence-electron chi connectivity index (χ1n) is 6.12. The van der Waals surface area contributed by atoms with Crippen LogP contribution in [-0.4, -0.2) is 30.0 Å². The van der Waals surface area contributed by atoms with Crippen LogP contribution >= 0.6 is 12.4 Å². The number of nitrogens with two attached hydrogens (primary N) is 1. The van der Waals surface area contributed by atoms with E-state index >= 15 is 0 Å². The molecule has 1 aliphatic rings. The van der Waals surface area contributed by atoms with E-state index in [1.165, 1.54) is 0 Å². The fourth-order valence-corrected chi connectivity index (χ4v) is 1.87. The van der Waals surface area contributed by atoms with Gasteiger partial charge in [0, 0.05) is 18.7 Å². The highest BCUT2D eigenvalue weighted by atomic mass is 35.5. The summed E-state index contributed by atoms with van der Waals surface area (Å²) in [5.74, 6) is -0.0714. The molecule has 6 heteroatoms. The first kappa shape index (κ1) is 15.3. The van der Waals surface area contributed by atoms with Crippen LogP contribution in [0.4, 0.5) is 0 Å². The van der Waals surface area contributed by atoms with Crippen molar-refractivity contribution in [2.24, 2.45) is 10.8 Å². The van der Waals surface area contributed by atoms with Gasteiger partial charge in [0.15, 0.2) is 0 Å². The molecule has 0 atom stereocenters. The van der Waals surface area contributed by atoms with E-state index in [9.17, 15) is 4.79 Å². The van der Waals surface area contributed by atoms with Gasteiger partial charge >= 0.3 is 0 Å². The third kappa shape index (κ3) is 4.44. The second-order valence-corrected chi connectivity index (χ2v) is 4.47. The van der Waals surface area contributed by atoms with Crippen molar-refractivity contribution in [1.82, 2.24) is 10.3 Å². The second kappa shape index (κ2) is 6.99. The SMILES string of the molecule is Cc1ccc(C(=O)N/C(N)=N/N2CCCC2)cc1.Cl. The predicted octanol–water partition coefficient (Wildman–Crippen LogP) is 1.47. The Morgan fingerprint density at radius 2 is 1.84 bits per heavy atom. The summed E-state index contributed by atoms with van der Waals surface area (Å²) in [5.41, 5.74) is 7.40. The molecule has 0 radical (unpaired) electrons. The second-order valence-electron chi connectivity index (χ2n) is 4.47. The molecule has 1 aliphatic heterocycles. The monoisotopic (exact) mass is 282 g/mol. The van der Waals surface area contributed by atoms with Crippen LogP contribution in [-0.2, 0) is 0 Å². The Balaban J connectivity index is 0.00000180. The fourth-order valence-electron chi connectivity index (χ4n) is 1.87. The molecular formula is C13H19ClN4O. The molecule has 3 N–H and O–H groups in total. The van der Waals surface area contributed by atoms with Gasteiger partial charge in [-0.15, -0.1) is 17.5 Å². The number of rotatable bonds is 2. The lowest BCUT2D eigenvalue weighted by Gasteiger charge is -2.12. The highest BCUT2D eigenvalue weighted by Crippen LogP contribution is 2.07. The topological polar surface area (TPSA) is 70.7 Å². The predicted molar refractivity (Wildman–Crippen MR) is 78.3 cm³/mol. The summed E-state index contributed by atoms with van der Waals surface area (Å²) in [6.45, 7) is 3.78.